The van der Waals surface area contributed by atoms with Crippen LogP contribution in [0.4, 0.5) is 0 Å². The highest BCUT2D eigenvalue weighted by Crippen LogP contribution is 2.25. The van der Waals surface area contributed by atoms with Crippen molar-refractivity contribution < 1.29 is 4.74 Å². The first-order valence-electron chi connectivity index (χ1n) is 5.23. The maximum absolute atomic E-state index is 5.68. The van der Waals surface area contributed by atoms with Crippen LogP contribution < -0.4 is 10.1 Å². The highest BCUT2D eigenvalue weighted by atomic mass is 35.5. The largest absolute Gasteiger partial charge is 0.492 e. The molecule has 0 spiro atoms. The lowest BCUT2D eigenvalue weighted by Crippen LogP contribution is -2.16. The van der Waals surface area contributed by atoms with Gasteiger partial charge >= 0.3 is 0 Å². The van der Waals surface area contributed by atoms with Crippen molar-refractivity contribution in [1.29, 1.82) is 0 Å². The Hall–Kier alpha value is -0.730. The number of nitrogens with one attached hydrogen (secondary N) is 1. The summed E-state index contributed by atoms with van der Waals surface area (Å²) in [7, 11) is 0. The van der Waals surface area contributed by atoms with Gasteiger partial charge in [0, 0.05) is 18.7 Å². The van der Waals surface area contributed by atoms with Crippen molar-refractivity contribution in [2.45, 2.75) is 26.3 Å². The Morgan fingerprint density at radius 1 is 1.33 bits per heavy atom. The van der Waals surface area contributed by atoms with E-state index in [0.717, 1.165) is 25.4 Å². The Morgan fingerprint density at radius 3 is 2.87 bits per heavy atom. The molecule has 1 N–H and O–H groups in total. The molecule has 2 rings (SSSR count). The molecule has 0 saturated carbocycles. The Morgan fingerprint density at radius 2 is 2.13 bits per heavy atom. The first-order chi connectivity index (χ1) is 6.77. The van der Waals surface area contributed by atoms with Gasteiger partial charge in [0.1, 0.15) is 12.4 Å². The fourth-order valence-corrected chi connectivity index (χ4v) is 1.67. The van der Waals surface area contributed by atoms with Gasteiger partial charge in [-0.15, -0.1) is 12.4 Å². The summed E-state index contributed by atoms with van der Waals surface area (Å²) in [5.74, 6) is 1.63. The zero-order chi connectivity index (χ0) is 9.97. The molecule has 15 heavy (non-hydrogen) atoms. The number of ether oxygens (including phenoxy) is 1. The summed E-state index contributed by atoms with van der Waals surface area (Å²) in [4.78, 5) is 0. The van der Waals surface area contributed by atoms with Gasteiger partial charge in [0.15, 0.2) is 0 Å². The number of benzene rings is 1. The second-order valence-electron chi connectivity index (χ2n) is 4.05. The molecular weight excluding hydrogens is 210 g/mol. The molecule has 0 aromatic heterocycles. The average Bonchev–Trinajstić information content (AvgIpc) is 2.41. The van der Waals surface area contributed by atoms with Gasteiger partial charge in [-0.25, -0.2) is 0 Å². The summed E-state index contributed by atoms with van der Waals surface area (Å²) in [5.41, 5.74) is 2.62. The molecule has 0 unspecified atom stereocenters. The van der Waals surface area contributed by atoms with Gasteiger partial charge in [0.05, 0.1) is 0 Å². The van der Waals surface area contributed by atoms with Crippen LogP contribution in [0.5, 0.6) is 5.75 Å². The van der Waals surface area contributed by atoms with Gasteiger partial charge in [-0.2, -0.15) is 0 Å². The lowest BCUT2D eigenvalue weighted by Gasteiger charge is -2.11. The Labute approximate surface area is 97.4 Å². The van der Waals surface area contributed by atoms with Crippen LogP contribution in [0.1, 0.15) is 30.9 Å². The minimum absolute atomic E-state index is 0. The molecule has 0 atom stereocenters. The SMILES string of the molecule is CC(C)c1ccc2c(c1)OCCNC2.Cl. The van der Waals surface area contributed by atoms with Crippen molar-refractivity contribution in [3.8, 4) is 5.75 Å². The quantitative estimate of drug-likeness (QED) is 0.797. The van der Waals surface area contributed by atoms with Crippen LogP contribution >= 0.6 is 12.4 Å². The maximum atomic E-state index is 5.68. The van der Waals surface area contributed by atoms with Crippen LogP contribution in [0, 0.1) is 0 Å². The summed E-state index contributed by atoms with van der Waals surface area (Å²) in [6.07, 6.45) is 0. The average molecular weight is 228 g/mol. The topological polar surface area (TPSA) is 21.3 Å². The first-order valence-corrected chi connectivity index (χ1v) is 5.23. The number of fused-ring (bicyclic) bond motifs is 1. The second kappa shape index (κ2) is 5.38. The monoisotopic (exact) mass is 227 g/mol. The van der Waals surface area contributed by atoms with E-state index in [1.807, 2.05) is 0 Å². The molecule has 1 aliphatic rings. The second-order valence-corrected chi connectivity index (χ2v) is 4.05. The highest BCUT2D eigenvalue weighted by molar-refractivity contribution is 5.85. The van der Waals surface area contributed by atoms with Gasteiger partial charge in [-0.1, -0.05) is 26.0 Å². The van der Waals surface area contributed by atoms with Crippen molar-refractivity contribution in [3.63, 3.8) is 0 Å². The minimum Gasteiger partial charge on any atom is -0.492 e. The smallest absolute Gasteiger partial charge is 0.124 e. The van der Waals surface area contributed by atoms with E-state index >= 15 is 0 Å². The van der Waals surface area contributed by atoms with E-state index in [4.69, 9.17) is 4.74 Å². The third-order valence-electron chi connectivity index (χ3n) is 2.61. The molecule has 2 nitrogen and oxygen atoms in total. The van der Waals surface area contributed by atoms with Crippen LogP contribution in [0.15, 0.2) is 18.2 Å². The lowest BCUT2D eigenvalue weighted by molar-refractivity contribution is 0.325. The summed E-state index contributed by atoms with van der Waals surface area (Å²) < 4.78 is 5.68. The number of halogens is 1. The molecule has 0 saturated heterocycles. The van der Waals surface area contributed by atoms with E-state index in [9.17, 15) is 0 Å². The van der Waals surface area contributed by atoms with E-state index < -0.39 is 0 Å². The molecule has 0 bridgehead atoms. The Balaban J connectivity index is 0.00000112. The van der Waals surface area contributed by atoms with Gasteiger partial charge in [-0.05, 0) is 17.5 Å². The van der Waals surface area contributed by atoms with Crippen molar-refractivity contribution in [2.75, 3.05) is 13.2 Å². The minimum atomic E-state index is 0. The Bertz CT molecular complexity index is 325. The standard InChI is InChI=1S/C12H17NO.ClH/c1-9(2)10-3-4-11-8-13-5-6-14-12(11)7-10;/h3-4,7,9,13H,5-6,8H2,1-2H3;1H. The predicted molar refractivity (Wildman–Crippen MR) is 65.0 cm³/mol. The molecule has 0 fully saturated rings. The maximum Gasteiger partial charge on any atom is 0.124 e. The third-order valence-corrected chi connectivity index (χ3v) is 2.61. The normalized spacial score (nSPS) is 14.9. The summed E-state index contributed by atoms with van der Waals surface area (Å²) in [6.45, 7) is 7.04. The zero-order valence-corrected chi connectivity index (χ0v) is 10.1. The van der Waals surface area contributed by atoms with Crippen molar-refractivity contribution >= 4 is 12.4 Å². The Kier molecular flexibility index (Phi) is 4.43. The van der Waals surface area contributed by atoms with E-state index in [1.54, 1.807) is 0 Å². The van der Waals surface area contributed by atoms with Gasteiger partial charge in [0.25, 0.3) is 0 Å². The number of hydrogen-bond acceptors (Lipinski definition) is 2. The molecular formula is C12H18ClNO. The summed E-state index contributed by atoms with van der Waals surface area (Å²) in [5, 5.41) is 3.33. The van der Waals surface area contributed by atoms with Gasteiger partial charge in [-0.3, -0.25) is 0 Å². The van der Waals surface area contributed by atoms with Crippen molar-refractivity contribution in [3.05, 3.63) is 29.3 Å². The van der Waals surface area contributed by atoms with Crippen LogP contribution in [0.2, 0.25) is 0 Å². The van der Waals surface area contributed by atoms with E-state index in [2.05, 4.69) is 37.4 Å². The van der Waals surface area contributed by atoms with Crippen LogP contribution in [-0.4, -0.2) is 13.2 Å². The summed E-state index contributed by atoms with van der Waals surface area (Å²) >= 11 is 0. The molecule has 0 radical (unpaired) electrons. The number of rotatable bonds is 1. The molecule has 84 valence electrons. The van der Waals surface area contributed by atoms with Gasteiger partial charge < -0.3 is 10.1 Å². The zero-order valence-electron chi connectivity index (χ0n) is 9.25. The molecule has 0 amide bonds. The molecule has 3 heteroatoms. The fourth-order valence-electron chi connectivity index (χ4n) is 1.67. The molecule has 1 aromatic carbocycles. The lowest BCUT2D eigenvalue weighted by atomic mass is 10.0. The third kappa shape index (κ3) is 2.86. The van der Waals surface area contributed by atoms with E-state index in [-0.39, 0.29) is 12.4 Å². The van der Waals surface area contributed by atoms with Crippen molar-refractivity contribution in [2.24, 2.45) is 0 Å². The van der Waals surface area contributed by atoms with Crippen LogP contribution in [0.3, 0.4) is 0 Å². The van der Waals surface area contributed by atoms with Crippen LogP contribution in [0.25, 0.3) is 0 Å². The molecule has 1 aromatic rings. The fraction of sp³-hybridized carbons (Fsp3) is 0.500. The van der Waals surface area contributed by atoms with Crippen molar-refractivity contribution in [1.82, 2.24) is 5.32 Å². The molecule has 1 heterocycles. The van der Waals surface area contributed by atoms with E-state index in [1.165, 1.54) is 11.1 Å². The van der Waals surface area contributed by atoms with Gasteiger partial charge in [0.2, 0.25) is 0 Å². The predicted octanol–water partition coefficient (Wildman–Crippen LogP) is 2.71. The van der Waals surface area contributed by atoms with Crippen LogP contribution in [-0.2, 0) is 6.54 Å². The highest BCUT2D eigenvalue weighted by Gasteiger charge is 2.09. The van der Waals surface area contributed by atoms with E-state index in [0.29, 0.717) is 5.92 Å². The first kappa shape index (κ1) is 12.3. The summed E-state index contributed by atoms with van der Waals surface area (Å²) in [6, 6.07) is 6.54. The number of hydrogen-bond donors (Lipinski definition) is 1. The molecule has 0 aliphatic carbocycles. The molecule has 1 aliphatic heterocycles.